The molecule has 0 saturated carbocycles. The largest absolute Gasteiger partial charge is 0.493 e. The lowest BCUT2D eigenvalue weighted by molar-refractivity contribution is 0.102. The molecule has 0 fully saturated rings. The Morgan fingerprint density at radius 2 is 1.84 bits per heavy atom. The molecule has 8 heteroatoms. The summed E-state index contributed by atoms with van der Waals surface area (Å²) in [5.74, 6) is 0.866. The van der Waals surface area contributed by atoms with Crippen LogP contribution in [0.5, 0.6) is 11.5 Å². The van der Waals surface area contributed by atoms with Crippen LogP contribution in [0.3, 0.4) is 0 Å². The van der Waals surface area contributed by atoms with Crippen molar-refractivity contribution in [3.63, 3.8) is 0 Å². The van der Waals surface area contributed by atoms with E-state index in [2.05, 4.69) is 20.8 Å². The first-order valence-corrected chi connectivity index (χ1v) is 7.50. The summed E-state index contributed by atoms with van der Waals surface area (Å²) in [6.45, 7) is 1.88. The summed E-state index contributed by atoms with van der Waals surface area (Å²) in [6, 6.07) is 10.6. The fourth-order valence-corrected chi connectivity index (χ4v) is 2.44. The molecule has 0 aliphatic carbocycles. The van der Waals surface area contributed by atoms with E-state index < -0.39 is 0 Å². The molecular formula is C17H17N5O3. The number of tetrazole rings is 1. The molecule has 1 heterocycles. The summed E-state index contributed by atoms with van der Waals surface area (Å²) >= 11 is 0. The molecule has 128 valence electrons. The standard InChI is InChI=1S/C17H17N5O3/c1-11-8-15(24-2)16(25-3)9-13(11)19-17(23)12-6-4-5-7-14(12)22-10-18-20-21-22/h4-10H,1-3H3,(H,19,23). The first-order valence-electron chi connectivity index (χ1n) is 7.50. The fourth-order valence-electron chi connectivity index (χ4n) is 2.44. The molecule has 0 spiro atoms. The van der Waals surface area contributed by atoms with Gasteiger partial charge in [-0.15, -0.1) is 5.10 Å². The zero-order chi connectivity index (χ0) is 17.8. The Morgan fingerprint density at radius 1 is 1.12 bits per heavy atom. The number of ether oxygens (including phenoxy) is 2. The van der Waals surface area contributed by atoms with Crippen LogP contribution in [-0.4, -0.2) is 40.3 Å². The van der Waals surface area contributed by atoms with Crippen molar-refractivity contribution < 1.29 is 14.3 Å². The van der Waals surface area contributed by atoms with Crippen LogP contribution in [0.25, 0.3) is 5.69 Å². The van der Waals surface area contributed by atoms with Gasteiger partial charge in [-0.05, 0) is 41.1 Å². The van der Waals surface area contributed by atoms with E-state index in [1.54, 1.807) is 38.5 Å². The van der Waals surface area contributed by atoms with Crippen molar-refractivity contribution in [1.82, 2.24) is 20.2 Å². The second-order valence-corrected chi connectivity index (χ2v) is 5.25. The number of aromatic nitrogens is 4. The number of nitrogens with zero attached hydrogens (tertiary/aromatic N) is 4. The number of amides is 1. The first-order chi connectivity index (χ1) is 12.1. The highest BCUT2D eigenvalue weighted by Gasteiger charge is 2.16. The lowest BCUT2D eigenvalue weighted by atomic mass is 10.1. The molecule has 0 radical (unpaired) electrons. The monoisotopic (exact) mass is 339 g/mol. The molecule has 0 aliphatic heterocycles. The van der Waals surface area contributed by atoms with Crippen LogP contribution in [0.4, 0.5) is 5.69 Å². The van der Waals surface area contributed by atoms with E-state index >= 15 is 0 Å². The van der Waals surface area contributed by atoms with Crippen LogP contribution < -0.4 is 14.8 Å². The number of benzene rings is 2. The van der Waals surface area contributed by atoms with Crippen LogP contribution in [-0.2, 0) is 0 Å². The van der Waals surface area contributed by atoms with Gasteiger partial charge in [0.25, 0.3) is 5.91 Å². The van der Waals surface area contributed by atoms with Gasteiger partial charge in [-0.25, -0.2) is 0 Å². The number of hydrogen-bond donors (Lipinski definition) is 1. The minimum absolute atomic E-state index is 0.276. The predicted octanol–water partition coefficient (Wildman–Crippen LogP) is 2.24. The molecule has 8 nitrogen and oxygen atoms in total. The van der Waals surface area contributed by atoms with Crippen LogP contribution in [0.2, 0.25) is 0 Å². The fraction of sp³-hybridized carbons (Fsp3) is 0.176. The van der Waals surface area contributed by atoms with Crippen molar-refractivity contribution in [3.8, 4) is 17.2 Å². The molecule has 0 saturated heterocycles. The molecule has 3 rings (SSSR count). The van der Waals surface area contributed by atoms with E-state index in [1.165, 1.54) is 11.0 Å². The number of aryl methyl sites for hydroxylation is 1. The van der Waals surface area contributed by atoms with E-state index in [9.17, 15) is 4.79 Å². The maximum Gasteiger partial charge on any atom is 0.257 e. The van der Waals surface area contributed by atoms with E-state index in [0.717, 1.165) is 5.56 Å². The molecule has 0 bridgehead atoms. The molecule has 1 aromatic heterocycles. The van der Waals surface area contributed by atoms with Crippen molar-refractivity contribution >= 4 is 11.6 Å². The highest BCUT2D eigenvalue weighted by atomic mass is 16.5. The van der Waals surface area contributed by atoms with Crippen LogP contribution in [0.15, 0.2) is 42.7 Å². The summed E-state index contributed by atoms with van der Waals surface area (Å²) in [7, 11) is 3.11. The second-order valence-electron chi connectivity index (χ2n) is 5.25. The third kappa shape index (κ3) is 3.27. The maximum absolute atomic E-state index is 12.8. The summed E-state index contributed by atoms with van der Waals surface area (Å²) < 4.78 is 12.0. The molecule has 25 heavy (non-hydrogen) atoms. The summed E-state index contributed by atoms with van der Waals surface area (Å²) in [5, 5.41) is 14.0. The normalized spacial score (nSPS) is 10.4. The number of carbonyl (C=O) groups is 1. The number of carbonyl (C=O) groups excluding carboxylic acids is 1. The zero-order valence-electron chi connectivity index (χ0n) is 14.1. The topological polar surface area (TPSA) is 91.2 Å². The van der Waals surface area contributed by atoms with E-state index in [1.807, 2.05) is 19.1 Å². The third-order valence-corrected chi connectivity index (χ3v) is 3.72. The lowest BCUT2D eigenvalue weighted by Gasteiger charge is -2.14. The third-order valence-electron chi connectivity index (χ3n) is 3.72. The predicted molar refractivity (Wildman–Crippen MR) is 91.4 cm³/mol. The average molecular weight is 339 g/mol. The Labute approximate surface area is 144 Å². The Morgan fingerprint density at radius 3 is 2.52 bits per heavy atom. The molecule has 1 amide bonds. The molecule has 0 unspecified atom stereocenters. The van der Waals surface area contributed by atoms with Crippen molar-refractivity contribution in [2.45, 2.75) is 6.92 Å². The molecule has 0 aliphatic rings. The number of rotatable bonds is 5. The molecule has 3 aromatic rings. The molecule has 2 aromatic carbocycles. The van der Waals surface area contributed by atoms with Gasteiger partial charge < -0.3 is 14.8 Å². The SMILES string of the molecule is COc1cc(C)c(NC(=O)c2ccccc2-n2cnnn2)cc1OC. The Kier molecular flexibility index (Phi) is 4.60. The van der Waals surface area contributed by atoms with Gasteiger partial charge in [0.1, 0.15) is 6.33 Å². The summed E-state index contributed by atoms with van der Waals surface area (Å²) in [6.07, 6.45) is 1.44. The second kappa shape index (κ2) is 7.00. The van der Waals surface area contributed by atoms with Crippen LogP contribution in [0.1, 0.15) is 15.9 Å². The summed E-state index contributed by atoms with van der Waals surface area (Å²) in [5.41, 5.74) is 2.52. The number of anilines is 1. The van der Waals surface area contributed by atoms with Gasteiger partial charge in [0.05, 0.1) is 25.5 Å². The van der Waals surface area contributed by atoms with Crippen molar-refractivity contribution in [2.75, 3.05) is 19.5 Å². The van der Waals surface area contributed by atoms with E-state index in [0.29, 0.717) is 28.4 Å². The molecule has 0 atom stereocenters. The van der Waals surface area contributed by atoms with E-state index in [-0.39, 0.29) is 5.91 Å². The average Bonchev–Trinajstić information content (AvgIpc) is 3.17. The van der Waals surface area contributed by atoms with Gasteiger partial charge in [0.15, 0.2) is 11.5 Å². The van der Waals surface area contributed by atoms with Crippen molar-refractivity contribution in [1.29, 1.82) is 0 Å². The van der Waals surface area contributed by atoms with Gasteiger partial charge in [-0.2, -0.15) is 4.68 Å². The lowest BCUT2D eigenvalue weighted by Crippen LogP contribution is -2.16. The van der Waals surface area contributed by atoms with Gasteiger partial charge >= 0.3 is 0 Å². The van der Waals surface area contributed by atoms with Gasteiger partial charge in [0, 0.05) is 11.8 Å². The first kappa shape index (κ1) is 16.4. The van der Waals surface area contributed by atoms with Gasteiger partial charge in [-0.1, -0.05) is 12.1 Å². The Bertz CT molecular complexity index is 893. The van der Waals surface area contributed by atoms with Crippen LogP contribution >= 0.6 is 0 Å². The number of methoxy groups -OCH3 is 2. The smallest absolute Gasteiger partial charge is 0.257 e. The van der Waals surface area contributed by atoms with Gasteiger partial charge in [0.2, 0.25) is 0 Å². The minimum Gasteiger partial charge on any atom is -0.493 e. The molecular weight excluding hydrogens is 322 g/mol. The Hall–Kier alpha value is -3.42. The number of para-hydroxylation sites is 1. The summed E-state index contributed by atoms with van der Waals surface area (Å²) in [4.78, 5) is 12.8. The molecule has 1 N–H and O–H groups in total. The number of hydrogen-bond acceptors (Lipinski definition) is 6. The van der Waals surface area contributed by atoms with Crippen LogP contribution in [0, 0.1) is 6.92 Å². The van der Waals surface area contributed by atoms with Crippen molar-refractivity contribution in [3.05, 3.63) is 53.9 Å². The highest BCUT2D eigenvalue weighted by molar-refractivity contribution is 6.07. The number of nitrogens with one attached hydrogen (secondary N) is 1. The Balaban J connectivity index is 1.94. The quantitative estimate of drug-likeness (QED) is 0.766. The van der Waals surface area contributed by atoms with Crippen molar-refractivity contribution in [2.24, 2.45) is 0 Å². The zero-order valence-corrected chi connectivity index (χ0v) is 14.1. The highest BCUT2D eigenvalue weighted by Crippen LogP contribution is 2.33. The minimum atomic E-state index is -0.276. The maximum atomic E-state index is 12.8. The van der Waals surface area contributed by atoms with Gasteiger partial charge in [-0.3, -0.25) is 4.79 Å². The van der Waals surface area contributed by atoms with E-state index in [4.69, 9.17) is 9.47 Å².